The quantitative estimate of drug-likeness (QED) is 0.860. The van der Waals surface area contributed by atoms with Crippen molar-refractivity contribution in [1.29, 1.82) is 0 Å². The fraction of sp³-hybridized carbons (Fsp3) is 0.533. The molecule has 1 saturated heterocycles. The van der Waals surface area contributed by atoms with Gasteiger partial charge in [-0.25, -0.2) is 9.18 Å². The van der Waals surface area contributed by atoms with E-state index < -0.39 is 18.8 Å². The number of benzene rings is 1. The summed E-state index contributed by atoms with van der Waals surface area (Å²) in [5.41, 5.74) is 0.844. The van der Waals surface area contributed by atoms with Gasteiger partial charge in [0.05, 0.1) is 12.7 Å². The van der Waals surface area contributed by atoms with Crippen molar-refractivity contribution >= 4 is 6.03 Å². The fourth-order valence-corrected chi connectivity index (χ4v) is 2.31. The second-order valence-electron chi connectivity index (χ2n) is 5.40. The van der Waals surface area contributed by atoms with Gasteiger partial charge in [0.1, 0.15) is 12.4 Å². The molecule has 1 aromatic rings. The number of rotatable bonds is 4. The molecule has 1 aliphatic rings. The summed E-state index contributed by atoms with van der Waals surface area (Å²) in [6.07, 6.45) is -3.36. The Morgan fingerprint density at radius 1 is 1.22 bits per heavy atom. The summed E-state index contributed by atoms with van der Waals surface area (Å²) in [5.74, 6) is -0.313. The predicted molar refractivity (Wildman–Crippen MR) is 75.2 cm³/mol. The molecule has 23 heavy (non-hydrogen) atoms. The van der Waals surface area contributed by atoms with Crippen LogP contribution < -0.4 is 5.32 Å². The average Bonchev–Trinajstić information content (AvgIpc) is 2.52. The van der Waals surface area contributed by atoms with Gasteiger partial charge >= 0.3 is 12.2 Å². The molecule has 0 saturated carbocycles. The smallest absolute Gasteiger partial charge is 0.373 e. The molecule has 0 unspecified atom stereocenters. The summed E-state index contributed by atoms with van der Waals surface area (Å²) in [6.45, 7) is -0.298. The van der Waals surface area contributed by atoms with E-state index in [9.17, 15) is 22.4 Å². The van der Waals surface area contributed by atoms with Crippen LogP contribution in [0.15, 0.2) is 24.3 Å². The number of urea groups is 1. The molecule has 2 rings (SSSR count). The largest absolute Gasteiger partial charge is 0.405 e. The second kappa shape index (κ2) is 7.63. The molecule has 0 aromatic heterocycles. The van der Waals surface area contributed by atoms with Crippen LogP contribution in [0.4, 0.5) is 22.4 Å². The molecule has 128 valence electrons. The number of nitrogens with one attached hydrogen (secondary N) is 1. The number of nitrogens with zero attached hydrogens (tertiary/aromatic N) is 1. The number of alkyl halides is 3. The lowest BCUT2D eigenvalue weighted by molar-refractivity contribution is -0.123. The Hall–Kier alpha value is -1.83. The first-order chi connectivity index (χ1) is 10.8. The van der Waals surface area contributed by atoms with Gasteiger partial charge in [0.2, 0.25) is 0 Å². The van der Waals surface area contributed by atoms with Gasteiger partial charge in [-0.2, -0.15) is 13.2 Å². The SMILES string of the molecule is O=C(NCC(F)(F)F)N1CCC(OCc2ccc(F)cc2)CC1. The zero-order valence-electron chi connectivity index (χ0n) is 12.4. The van der Waals surface area contributed by atoms with Gasteiger partial charge in [0.15, 0.2) is 0 Å². The van der Waals surface area contributed by atoms with E-state index in [1.54, 1.807) is 12.1 Å². The summed E-state index contributed by atoms with van der Waals surface area (Å²) < 4.78 is 54.6. The fourth-order valence-electron chi connectivity index (χ4n) is 2.31. The summed E-state index contributed by atoms with van der Waals surface area (Å²) in [5, 5.41) is 1.86. The minimum Gasteiger partial charge on any atom is -0.373 e. The number of halogens is 4. The van der Waals surface area contributed by atoms with Crippen LogP contribution in [0.1, 0.15) is 18.4 Å². The van der Waals surface area contributed by atoms with Crippen LogP contribution >= 0.6 is 0 Å². The van der Waals surface area contributed by atoms with Crippen LogP contribution in [0.2, 0.25) is 0 Å². The maximum Gasteiger partial charge on any atom is 0.405 e. The molecule has 1 aliphatic heterocycles. The summed E-state index contributed by atoms with van der Waals surface area (Å²) in [6, 6.07) is 5.27. The maximum absolute atomic E-state index is 12.8. The van der Waals surface area contributed by atoms with E-state index in [1.165, 1.54) is 17.0 Å². The van der Waals surface area contributed by atoms with Crippen LogP contribution in [0.5, 0.6) is 0 Å². The zero-order valence-corrected chi connectivity index (χ0v) is 12.4. The lowest BCUT2D eigenvalue weighted by atomic mass is 10.1. The Morgan fingerprint density at radius 2 is 1.83 bits per heavy atom. The molecular weight excluding hydrogens is 316 g/mol. The maximum atomic E-state index is 12.8. The molecule has 1 heterocycles. The molecular formula is C15H18F4N2O2. The minimum atomic E-state index is -4.41. The van der Waals surface area contributed by atoms with E-state index in [2.05, 4.69) is 0 Å². The van der Waals surface area contributed by atoms with Gasteiger partial charge in [0, 0.05) is 13.1 Å². The van der Waals surface area contributed by atoms with E-state index in [0.717, 1.165) is 5.56 Å². The standard InChI is InChI=1S/C15H18F4N2O2/c16-12-3-1-11(2-4-12)9-23-13-5-7-21(8-6-13)14(22)20-10-15(17,18)19/h1-4,13H,5-10H2,(H,20,22). The summed E-state index contributed by atoms with van der Waals surface area (Å²) in [4.78, 5) is 13.0. The first-order valence-corrected chi connectivity index (χ1v) is 7.29. The van der Waals surface area contributed by atoms with E-state index >= 15 is 0 Å². The van der Waals surface area contributed by atoms with Gasteiger partial charge in [-0.1, -0.05) is 12.1 Å². The first kappa shape index (κ1) is 17.5. The van der Waals surface area contributed by atoms with E-state index in [0.29, 0.717) is 32.5 Å². The molecule has 2 amide bonds. The third-order valence-electron chi connectivity index (χ3n) is 3.57. The number of amides is 2. The molecule has 4 nitrogen and oxygen atoms in total. The molecule has 0 atom stereocenters. The normalized spacial score (nSPS) is 16.4. The molecule has 0 aliphatic carbocycles. The minimum absolute atomic E-state index is 0.0632. The first-order valence-electron chi connectivity index (χ1n) is 7.29. The van der Waals surface area contributed by atoms with Crippen LogP contribution in [-0.4, -0.2) is 42.8 Å². The van der Waals surface area contributed by atoms with E-state index in [4.69, 9.17) is 4.74 Å². The Kier molecular flexibility index (Phi) is 5.81. The number of piperidine rings is 1. The Bertz CT molecular complexity index is 511. The van der Waals surface area contributed by atoms with Crippen LogP contribution in [0.25, 0.3) is 0 Å². The number of hydrogen-bond acceptors (Lipinski definition) is 2. The molecule has 1 N–H and O–H groups in total. The van der Waals surface area contributed by atoms with Crippen molar-refractivity contribution in [2.24, 2.45) is 0 Å². The third kappa shape index (κ3) is 6.05. The monoisotopic (exact) mass is 334 g/mol. The van der Waals surface area contributed by atoms with Crippen molar-refractivity contribution in [2.45, 2.75) is 31.7 Å². The van der Waals surface area contributed by atoms with Crippen molar-refractivity contribution in [3.63, 3.8) is 0 Å². The van der Waals surface area contributed by atoms with Crippen molar-refractivity contribution in [3.8, 4) is 0 Å². The number of hydrogen-bond donors (Lipinski definition) is 1. The van der Waals surface area contributed by atoms with Gasteiger partial charge in [0.25, 0.3) is 0 Å². The van der Waals surface area contributed by atoms with Crippen molar-refractivity contribution < 1.29 is 27.1 Å². The van der Waals surface area contributed by atoms with Crippen molar-refractivity contribution in [1.82, 2.24) is 10.2 Å². The number of carbonyl (C=O) groups excluding carboxylic acids is 1. The third-order valence-corrected chi connectivity index (χ3v) is 3.57. The van der Waals surface area contributed by atoms with Crippen LogP contribution in [-0.2, 0) is 11.3 Å². The van der Waals surface area contributed by atoms with Crippen LogP contribution in [0, 0.1) is 5.82 Å². The van der Waals surface area contributed by atoms with Gasteiger partial charge in [-0.05, 0) is 30.5 Å². The van der Waals surface area contributed by atoms with Gasteiger partial charge < -0.3 is 15.0 Å². The zero-order chi connectivity index (χ0) is 16.9. The van der Waals surface area contributed by atoms with Crippen LogP contribution in [0.3, 0.4) is 0 Å². The van der Waals surface area contributed by atoms with Gasteiger partial charge in [-0.15, -0.1) is 0 Å². The molecule has 0 bridgehead atoms. The highest BCUT2D eigenvalue weighted by atomic mass is 19.4. The molecule has 0 radical (unpaired) electrons. The topological polar surface area (TPSA) is 41.6 Å². The number of ether oxygens (including phenoxy) is 1. The Balaban J connectivity index is 1.69. The highest BCUT2D eigenvalue weighted by molar-refractivity contribution is 5.74. The average molecular weight is 334 g/mol. The number of carbonyl (C=O) groups is 1. The van der Waals surface area contributed by atoms with E-state index in [1.807, 2.05) is 5.32 Å². The molecule has 8 heteroatoms. The lowest BCUT2D eigenvalue weighted by Gasteiger charge is -2.32. The summed E-state index contributed by atoms with van der Waals surface area (Å²) >= 11 is 0. The summed E-state index contributed by atoms with van der Waals surface area (Å²) in [7, 11) is 0. The Morgan fingerprint density at radius 3 is 2.39 bits per heavy atom. The predicted octanol–water partition coefficient (Wildman–Crippen LogP) is 3.08. The lowest BCUT2D eigenvalue weighted by Crippen LogP contribution is -2.48. The molecule has 0 spiro atoms. The van der Waals surface area contributed by atoms with E-state index in [-0.39, 0.29) is 11.9 Å². The highest BCUT2D eigenvalue weighted by Crippen LogP contribution is 2.17. The highest BCUT2D eigenvalue weighted by Gasteiger charge is 2.30. The molecule has 1 aromatic carbocycles. The van der Waals surface area contributed by atoms with Crippen molar-refractivity contribution in [3.05, 3.63) is 35.6 Å². The molecule has 1 fully saturated rings. The number of likely N-dealkylation sites (tertiary alicyclic amines) is 1. The van der Waals surface area contributed by atoms with Crippen molar-refractivity contribution in [2.75, 3.05) is 19.6 Å². The second-order valence-corrected chi connectivity index (χ2v) is 5.40. The van der Waals surface area contributed by atoms with Gasteiger partial charge in [-0.3, -0.25) is 0 Å². The Labute approximate surface area is 131 Å².